The Morgan fingerprint density at radius 3 is 2.05 bits per heavy atom. The molecule has 2 aromatic rings. The summed E-state index contributed by atoms with van der Waals surface area (Å²) in [4.78, 5) is 0. The Morgan fingerprint density at radius 1 is 1.00 bits per heavy atom. The van der Waals surface area contributed by atoms with Crippen LogP contribution in [0.15, 0.2) is 36.4 Å². The molecule has 0 aliphatic heterocycles. The molecule has 0 bridgehead atoms. The standard InChI is InChI=1S/C18H22O2/c1-12-9-13(2)17(14(3)10-12)11-18(19)15-5-7-16(20-4)8-6-15/h5-10,18-19H,11H2,1-4H3. The van der Waals surface area contributed by atoms with Crippen LogP contribution in [0.25, 0.3) is 0 Å². The van der Waals surface area contributed by atoms with Gasteiger partial charge in [0.15, 0.2) is 0 Å². The second-order valence-electron chi connectivity index (χ2n) is 5.37. The first-order valence-electron chi connectivity index (χ1n) is 6.90. The number of ether oxygens (including phenoxy) is 1. The van der Waals surface area contributed by atoms with Gasteiger partial charge in [-0.1, -0.05) is 29.8 Å². The number of aryl methyl sites for hydroxylation is 3. The molecule has 0 saturated carbocycles. The number of hydrogen-bond acceptors (Lipinski definition) is 2. The molecule has 2 nitrogen and oxygen atoms in total. The van der Waals surface area contributed by atoms with Crippen molar-refractivity contribution in [3.05, 3.63) is 64.2 Å². The van der Waals surface area contributed by atoms with Crippen molar-refractivity contribution in [2.75, 3.05) is 7.11 Å². The molecular weight excluding hydrogens is 248 g/mol. The first-order valence-corrected chi connectivity index (χ1v) is 6.90. The summed E-state index contributed by atoms with van der Waals surface area (Å²) in [6, 6.07) is 11.9. The van der Waals surface area contributed by atoms with Crippen molar-refractivity contribution < 1.29 is 9.84 Å². The summed E-state index contributed by atoms with van der Waals surface area (Å²) in [6.45, 7) is 6.32. The molecule has 0 fully saturated rings. The molecule has 106 valence electrons. The van der Waals surface area contributed by atoms with Crippen molar-refractivity contribution in [2.45, 2.75) is 33.3 Å². The van der Waals surface area contributed by atoms with Crippen LogP contribution in [-0.4, -0.2) is 12.2 Å². The molecule has 0 aromatic heterocycles. The minimum atomic E-state index is -0.485. The van der Waals surface area contributed by atoms with Crippen LogP contribution in [0, 0.1) is 20.8 Å². The average Bonchev–Trinajstić information content (AvgIpc) is 2.42. The number of aliphatic hydroxyl groups is 1. The molecule has 2 heteroatoms. The lowest BCUT2D eigenvalue weighted by molar-refractivity contribution is 0.178. The zero-order valence-electron chi connectivity index (χ0n) is 12.6. The third-order valence-electron chi connectivity index (χ3n) is 3.74. The van der Waals surface area contributed by atoms with Crippen molar-refractivity contribution in [2.24, 2.45) is 0 Å². The number of rotatable bonds is 4. The molecule has 0 heterocycles. The summed E-state index contributed by atoms with van der Waals surface area (Å²) in [7, 11) is 1.64. The highest BCUT2D eigenvalue weighted by Gasteiger charge is 2.12. The summed E-state index contributed by atoms with van der Waals surface area (Å²) in [5.74, 6) is 0.809. The van der Waals surface area contributed by atoms with Gasteiger partial charge in [0.25, 0.3) is 0 Å². The van der Waals surface area contributed by atoms with Gasteiger partial charge in [-0.2, -0.15) is 0 Å². The van der Waals surface area contributed by atoms with Gasteiger partial charge in [-0.05, 0) is 55.2 Å². The van der Waals surface area contributed by atoms with E-state index in [-0.39, 0.29) is 0 Å². The average molecular weight is 270 g/mol. The minimum Gasteiger partial charge on any atom is -0.497 e. The Hall–Kier alpha value is -1.80. The summed E-state index contributed by atoms with van der Waals surface area (Å²) in [5, 5.41) is 10.4. The molecule has 0 aliphatic rings. The van der Waals surface area contributed by atoms with Crippen LogP contribution in [0.3, 0.4) is 0 Å². The van der Waals surface area contributed by atoms with E-state index in [1.165, 1.54) is 22.3 Å². The minimum absolute atomic E-state index is 0.485. The largest absolute Gasteiger partial charge is 0.497 e. The molecule has 1 atom stereocenters. The molecule has 2 rings (SSSR count). The summed E-state index contributed by atoms with van der Waals surface area (Å²) >= 11 is 0. The highest BCUT2D eigenvalue weighted by molar-refractivity contribution is 5.39. The van der Waals surface area contributed by atoms with Gasteiger partial charge in [-0.15, -0.1) is 0 Å². The Labute approximate surface area is 121 Å². The van der Waals surface area contributed by atoms with Crippen LogP contribution in [0.2, 0.25) is 0 Å². The number of hydrogen-bond donors (Lipinski definition) is 1. The van der Waals surface area contributed by atoms with E-state index in [4.69, 9.17) is 4.74 Å². The maximum absolute atomic E-state index is 10.4. The summed E-state index contributed by atoms with van der Waals surface area (Å²) in [5.41, 5.74) is 5.91. The molecule has 1 N–H and O–H groups in total. The van der Waals surface area contributed by atoms with Gasteiger partial charge in [-0.25, -0.2) is 0 Å². The topological polar surface area (TPSA) is 29.5 Å². The maximum atomic E-state index is 10.4. The fourth-order valence-electron chi connectivity index (χ4n) is 2.67. The van der Waals surface area contributed by atoms with E-state index in [0.29, 0.717) is 6.42 Å². The summed E-state index contributed by atoms with van der Waals surface area (Å²) < 4.78 is 5.14. The predicted molar refractivity (Wildman–Crippen MR) is 82.3 cm³/mol. The van der Waals surface area contributed by atoms with Crippen LogP contribution in [0.4, 0.5) is 0 Å². The van der Waals surface area contributed by atoms with Crippen LogP contribution in [0.1, 0.15) is 33.9 Å². The highest BCUT2D eigenvalue weighted by atomic mass is 16.5. The lowest BCUT2D eigenvalue weighted by Crippen LogP contribution is -2.05. The fourth-order valence-corrected chi connectivity index (χ4v) is 2.67. The third-order valence-corrected chi connectivity index (χ3v) is 3.74. The monoisotopic (exact) mass is 270 g/mol. The third kappa shape index (κ3) is 3.20. The van der Waals surface area contributed by atoms with Gasteiger partial charge >= 0.3 is 0 Å². The zero-order chi connectivity index (χ0) is 14.7. The molecule has 1 unspecified atom stereocenters. The van der Waals surface area contributed by atoms with E-state index in [1.54, 1.807) is 7.11 Å². The van der Waals surface area contributed by atoms with Crippen molar-refractivity contribution in [1.29, 1.82) is 0 Å². The fraction of sp³-hybridized carbons (Fsp3) is 0.333. The van der Waals surface area contributed by atoms with E-state index in [9.17, 15) is 5.11 Å². The Morgan fingerprint density at radius 2 is 1.55 bits per heavy atom. The van der Waals surface area contributed by atoms with E-state index >= 15 is 0 Å². The Kier molecular flexibility index (Phi) is 4.46. The Bertz CT molecular complexity index is 562. The first-order chi connectivity index (χ1) is 9.51. The van der Waals surface area contributed by atoms with Gasteiger partial charge in [-0.3, -0.25) is 0 Å². The van der Waals surface area contributed by atoms with Gasteiger partial charge in [0.1, 0.15) is 5.75 Å². The zero-order valence-corrected chi connectivity index (χ0v) is 12.6. The summed E-state index contributed by atoms with van der Waals surface area (Å²) in [6.07, 6.45) is 0.158. The Balaban J connectivity index is 2.20. The molecule has 0 saturated heterocycles. The highest BCUT2D eigenvalue weighted by Crippen LogP contribution is 2.25. The van der Waals surface area contributed by atoms with Crippen LogP contribution < -0.4 is 4.74 Å². The quantitative estimate of drug-likeness (QED) is 0.913. The van der Waals surface area contributed by atoms with Crippen LogP contribution in [0.5, 0.6) is 5.75 Å². The van der Waals surface area contributed by atoms with Crippen molar-refractivity contribution >= 4 is 0 Å². The molecule has 0 amide bonds. The van der Waals surface area contributed by atoms with Crippen molar-refractivity contribution in [3.63, 3.8) is 0 Å². The van der Waals surface area contributed by atoms with E-state index in [0.717, 1.165) is 11.3 Å². The molecule has 2 aromatic carbocycles. The lowest BCUT2D eigenvalue weighted by atomic mass is 9.93. The normalized spacial score (nSPS) is 12.2. The van der Waals surface area contributed by atoms with Gasteiger partial charge in [0.05, 0.1) is 13.2 Å². The van der Waals surface area contributed by atoms with E-state index < -0.39 is 6.10 Å². The SMILES string of the molecule is COc1ccc(C(O)Cc2c(C)cc(C)cc2C)cc1. The molecule has 0 aliphatic carbocycles. The maximum Gasteiger partial charge on any atom is 0.118 e. The van der Waals surface area contributed by atoms with Crippen LogP contribution >= 0.6 is 0 Å². The first kappa shape index (κ1) is 14.6. The predicted octanol–water partition coefficient (Wildman–Crippen LogP) is 3.90. The number of aliphatic hydroxyl groups excluding tert-OH is 1. The molecular formula is C18H22O2. The second-order valence-corrected chi connectivity index (χ2v) is 5.37. The number of benzene rings is 2. The van der Waals surface area contributed by atoms with Crippen molar-refractivity contribution in [1.82, 2.24) is 0 Å². The van der Waals surface area contributed by atoms with E-state index in [1.807, 2.05) is 24.3 Å². The molecule has 0 radical (unpaired) electrons. The van der Waals surface area contributed by atoms with E-state index in [2.05, 4.69) is 32.9 Å². The lowest BCUT2D eigenvalue weighted by Gasteiger charge is -2.16. The van der Waals surface area contributed by atoms with Gasteiger partial charge in [0.2, 0.25) is 0 Å². The smallest absolute Gasteiger partial charge is 0.118 e. The second kappa shape index (κ2) is 6.10. The van der Waals surface area contributed by atoms with Crippen molar-refractivity contribution in [3.8, 4) is 5.75 Å². The van der Waals surface area contributed by atoms with Crippen LogP contribution in [-0.2, 0) is 6.42 Å². The van der Waals surface area contributed by atoms with Gasteiger partial charge in [0, 0.05) is 6.42 Å². The molecule has 20 heavy (non-hydrogen) atoms. The number of methoxy groups -OCH3 is 1. The molecule has 0 spiro atoms. The van der Waals surface area contributed by atoms with Gasteiger partial charge < -0.3 is 9.84 Å².